The summed E-state index contributed by atoms with van der Waals surface area (Å²) in [5.41, 5.74) is 1.60. The second kappa shape index (κ2) is 9.51. The zero-order valence-corrected chi connectivity index (χ0v) is 18.5. The average Bonchev–Trinajstić information content (AvgIpc) is 3.41. The molecule has 29 heavy (non-hydrogen) atoms. The van der Waals surface area contributed by atoms with E-state index in [1.807, 2.05) is 0 Å². The van der Waals surface area contributed by atoms with Crippen molar-refractivity contribution in [2.45, 2.75) is 84.3 Å². The normalized spacial score (nSPS) is 16.2. The van der Waals surface area contributed by atoms with Crippen molar-refractivity contribution in [2.75, 3.05) is 6.61 Å². The number of carboxylic acid groups (broad SMARTS) is 1. The fourth-order valence-electron chi connectivity index (χ4n) is 3.42. The molecule has 0 heterocycles. The third-order valence-corrected chi connectivity index (χ3v) is 5.09. The Balaban J connectivity index is 2.18. The van der Waals surface area contributed by atoms with Gasteiger partial charge in [-0.15, -0.1) is 0 Å². The summed E-state index contributed by atoms with van der Waals surface area (Å²) in [7, 11) is 0. The van der Waals surface area contributed by atoms with Gasteiger partial charge in [0.05, 0.1) is 12.5 Å². The smallest absolute Gasteiger partial charge is 0.408 e. The lowest BCUT2D eigenvalue weighted by Crippen LogP contribution is -2.43. The monoisotopic (exact) mass is 405 g/mol. The molecule has 1 aromatic carbocycles. The molecule has 0 radical (unpaired) electrons. The van der Waals surface area contributed by atoms with E-state index in [0.717, 1.165) is 16.9 Å². The van der Waals surface area contributed by atoms with Crippen LogP contribution in [-0.4, -0.2) is 35.4 Å². The van der Waals surface area contributed by atoms with Crippen LogP contribution in [0.2, 0.25) is 0 Å². The first-order chi connectivity index (χ1) is 13.5. The topological polar surface area (TPSA) is 84.9 Å². The van der Waals surface area contributed by atoms with E-state index in [4.69, 9.17) is 9.47 Å². The van der Waals surface area contributed by atoms with Gasteiger partial charge < -0.3 is 19.9 Å². The highest BCUT2D eigenvalue weighted by atomic mass is 16.6. The van der Waals surface area contributed by atoms with Gasteiger partial charge in [-0.05, 0) is 62.5 Å². The van der Waals surface area contributed by atoms with Gasteiger partial charge >= 0.3 is 12.1 Å². The van der Waals surface area contributed by atoms with Crippen molar-refractivity contribution >= 4 is 12.1 Å². The molecular weight excluding hydrogens is 370 g/mol. The Labute approximate surface area is 174 Å². The number of carbonyl (C=O) groups excluding carboxylic acids is 1. The summed E-state index contributed by atoms with van der Waals surface area (Å²) in [5, 5.41) is 11.9. The lowest BCUT2D eigenvalue weighted by Gasteiger charge is -2.25. The number of aliphatic carboxylic acids is 1. The second-order valence-corrected chi connectivity index (χ2v) is 9.30. The number of benzene rings is 1. The van der Waals surface area contributed by atoms with Crippen LogP contribution in [-0.2, 0) is 9.53 Å². The number of para-hydroxylation sites is 1. The van der Waals surface area contributed by atoms with Gasteiger partial charge in [0, 0.05) is 0 Å². The summed E-state index contributed by atoms with van der Waals surface area (Å²) >= 11 is 0. The maximum absolute atomic E-state index is 12.1. The van der Waals surface area contributed by atoms with Crippen molar-refractivity contribution in [1.82, 2.24) is 5.32 Å². The van der Waals surface area contributed by atoms with Crippen molar-refractivity contribution in [3.8, 4) is 5.75 Å². The molecule has 0 aliphatic heterocycles. The van der Waals surface area contributed by atoms with Gasteiger partial charge in [0.15, 0.2) is 0 Å². The highest BCUT2D eigenvalue weighted by molar-refractivity contribution is 5.71. The molecule has 1 aromatic rings. The summed E-state index contributed by atoms with van der Waals surface area (Å²) in [6.07, 6.45) is 1.58. The molecule has 1 saturated carbocycles. The van der Waals surface area contributed by atoms with Crippen LogP contribution in [0.4, 0.5) is 4.79 Å². The number of ether oxygens (including phenoxy) is 2. The molecule has 6 heteroatoms. The molecule has 1 aliphatic carbocycles. The number of carbonyl (C=O) groups is 2. The minimum absolute atomic E-state index is 0.0691. The van der Waals surface area contributed by atoms with Crippen molar-refractivity contribution < 1.29 is 24.2 Å². The Bertz CT molecular complexity index is 718. The second-order valence-electron chi connectivity index (χ2n) is 9.30. The van der Waals surface area contributed by atoms with E-state index in [9.17, 15) is 14.7 Å². The van der Waals surface area contributed by atoms with Crippen molar-refractivity contribution in [2.24, 2.45) is 5.92 Å². The average molecular weight is 406 g/mol. The molecule has 6 nitrogen and oxygen atoms in total. The molecule has 2 atom stereocenters. The minimum Gasteiger partial charge on any atom is -0.491 e. The van der Waals surface area contributed by atoms with Crippen molar-refractivity contribution in [1.29, 1.82) is 0 Å². The van der Waals surface area contributed by atoms with Gasteiger partial charge in [0.2, 0.25) is 0 Å². The van der Waals surface area contributed by atoms with E-state index in [1.54, 1.807) is 20.8 Å². The molecule has 0 aromatic heterocycles. The standard InChI is InChI=1S/C23H35NO5/c1-14(2)18-8-7-9-19(15(3)16-10-11-16)21(18)28-13-17(12-20(25)26)24-22(27)29-23(4,5)6/h7-9,14-17H,10-13H2,1-6H3,(H,24,27)(H,25,26)/t15-,17?/m1/s1. The van der Waals surface area contributed by atoms with Gasteiger partial charge in [0.1, 0.15) is 18.0 Å². The number of hydrogen-bond donors (Lipinski definition) is 2. The molecule has 1 amide bonds. The fraction of sp³-hybridized carbons (Fsp3) is 0.652. The van der Waals surface area contributed by atoms with Crippen molar-refractivity contribution in [3.63, 3.8) is 0 Å². The predicted molar refractivity (Wildman–Crippen MR) is 113 cm³/mol. The van der Waals surface area contributed by atoms with Gasteiger partial charge in [0.25, 0.3) is 0 Å². The predicted octanol–water partition coefficient (Wildman–Crippen LogP) is 5.07. The Kier molecular flexibility index (Phi) is 7.55. The van der Waals surface area contributed by atoms with Gasteiger partial charge in [-0.3, -0.25) is 4.79 Å². The number of carboxylic acids is 1. The van der Waals surface area contributed by atoms with E-state index in [0.29, 0.717) is 11.8 Å². The number of nitrogens with one attached hydrogen (secondary N) is 1. The number of rotatable bonds is 9. The van der Waals surface area contributed by atoms with Crippen molar-refractivity contribution in [3.05, 3.63) is 29.3 Å². The van der Waals surface area contributed by atoms with E-state index in [1.165, 1.54) is 12.8 Å². The third-order valence-electron chi connectivity index (χ3n) is 5.09. The van der Waals surface area contributed by atoms with Crippen LogP contribution in [0.25, 0.3) is 0 Å². The van der Waals surface area contributed by atoms with Gasteiger partial charge in [-0.2, -0.15) is 0 Å². The highest BCUT2D eigenvalue weighted by Crippen LogP contribution is 2.46. The molecule has 0 bridgehead atoms. The summed E-state index contributed by atoms with van der Waals surface area (Å²) in [4.78, 5) is 23.4. The largest absolute Gasteiger partial charge is 0.491 e. The zero-order chi connectivity index (χ0) is 21.8. The van der Waals surface area contributed by atoms with E-state index < -0.39 is 23.7 Å². The summed E-state index contributed by atoms with van der Waals surface area (Å²) < 4.78 is 11.5. The van der Waals surface area contributed by atoms with Crippen LogP contribution >= 0.6 is 0 Å². The molecule has 1 unspecified atom stereocenters. The number of alkyl carbamates (subject to hydrolysis) is 1. The minimum atomic E-state index is -1.00. The maximum Gasteiger partial charge on any atom is 0.408 e. The summed E-state index contributed by atoms with van der Waals surface area (Å²) in [6.45, 7) is 11.8. The SMILES string of the molecule is CC(C)c1cccc([C@H](C)C2CC2)c1OCC(CC(=O)O)NC(=O)OC(C)(C)C. The molecule has 162 valence electrons. The molecule has 2 rings (SSSR count). The number of hydrogen-bond acceptors (Lipinski definition) is 4. The Hall–Kier alpha value is -2.24. The lowest BCUT2D eigenvalue weighted by molar-refractivity contribution is -0.137. The Morgan fingerprint density at radius 3 is 2.31 bits per heavy atom. The van der Waals surface area contributed by atoms with Crippen LogP contribution in [0.15, 0.2) is 18.2 Å². The number of amides is 1. The molecule has 2 N–H and O–H groups in total. The van der Waals surface area contributed by atoms with Crippen LogP contribution in [0.1, 0.15) is 83.8 Å². The molecular formula is C23H35NO5. The van der Waals surface area contributed by atoms with Gasteiger partial charge in [-0.25, -0.2) is 4.79 Å². The Morgan fingerprint density at radius 1 is 1.17 bits per heavy atom. The van der Waals surface area contributed by atoms with E-state index in [2.05, 4.69) is 44.3 Å². The molecule has 1 fully saturated rings. The molecule has 0 saturated heterocycles. The summed E-state index contributed by atoms with van der Waals surface area (Å²) in [5.74, 6) is 1.16. The first kappa shape index (κ1) is 23.0. The van der Waals surface area contributed by atoms with Gasteiger partial charge in [-0.1, -0.05) is 39.0 Å². The van der Waals surface area contributed by atoms with Crippen LogP contribution in [0.5, 0.6) is 5.75 Å². The quantitative estimate of drug-likeness (QED) is 0.599. The lowest BCUT2D eigenvalue weighted by atomic mass is 9.90. The van der Waals surface area contributed by atoms with E-state index in [-0.39, 0.29) is 18.9 Å². The molecule has 0 spiro atoms. The first-order valence-corrected chi connectivity index (χ1v) is 10.4. The molecule has 1 aliphatic rings. The zero-order valence-electron chi connectivity index (χ0n) is 18.5. The van der Waals surface area contributed by atoms with Crippen LogP contribution in [0.3, 0.4) is 0 Å². The maximum atomic E-state index is 12.1. The van der Waals surface area contributed by atoms with Crippen LogP contribution < -0.4 is 10.1 Å². The first-order valence-electron chi connectivity index (χ1n) is 10.4. The van der Waals surface area contributed by atoms with Crippen LogP contribution in [0, 0.1) is 5.92 Å². The third kappa shape index (κ3) is 7.26. The highest BCUT2D eigenvalue weighted by Gasteiger charge is 2.32. The Morgan fingerprint density at radius 2 is 1.79 bits per heavy atom. The summed E-state index contributed by atoms with van der Waals surface area (Å²) in [6, 6.07) is 5.52. The van der Waals surface area contributed by atoms with E-state index >= 15 is 0 Å². The fourth-order valence-corrected chi connectivity index (χ4v) is 3.42.